The lowest BCUT2D eigenvalue weighted by molar-refractivity contribution is -0.244. The molecule has 6 rings (SSSR count). The van der Waals surface area contributed by atoms with E-state index < -0.39 is 92.2 Å². The van der Waals surface area contributed by atoms with E-state index >= 15 is 0 Å². The number of nitrogens with one attached hydrogen (secondary N) is 3. The van der Waals surface area contributed by atoms with Crippen LogP contribution in [0.25, 0.3) is 10.8 Å². The predicted molar refractivity (Wildman–Crippen MR) is 190 cm³/mol. The summed E-state index contributed by atoms with van der Waals surface area (Å²) >= 11 is 0. The van der Waals surface area contributed by atoms with Gasteiger partial charge in [-0.3, -0.25) is 19.1 Å². The van der Waals surface area contributed by atoms with Gasteiger partial charge in [-0.25, -0.2) is 22.6 Å². The van der Waals surface area contributed by atoms with E-state index in [0.717, 1.165) is 4.90 Å². The Bertz CT molecular complexity index is 1990. The Morgan fingerprint density at radius 1 is 1.07 bits per heavy atom. The number of ether oxygens (including phenoxy) is 2. The molecule has 4 aliphatic rings. The quantitative estimate of drug-likeness (QED) is 0.266. The summed E-state index contributed by atoms with van der Waals surface area (Å²) < 4.78 is 94.0. The Hall–Kier alpha value is -4.48. The van der Waals surface area contributed by atoms with Crippen molar-refractivity contribution in [2.45, 2.75) is 113 Å². The van der Waals surface area contributed by atoms with Gasteiger partial charge in [-0.2, -0.15) is 13.2 Å². The maximum atomic E-state index is 14.6. The molecular weight excluding hydrogens is 750 g/mol. The van der Waals surface area contributed by atoms with Gasteiger partial charge in [0.1, 0.15) is 29.5 Å². The lowest BCUT2D eigenvalue weighted by atomic mass is 9.88. The highest BCUT2D eigenvalue weighted by Gasteiger charge is 2.62. The zero-order chi connectivity index (χ0) is 40.1. The second kappa shape index (κ2) is 14.9. The number of fused-ring (bicyclic) bond motifs is 3. The molecule has 3 heterocycles. The van der Waals surface area contributed by atoms with E-state index in [1.54, 1.807) is 19.1 Å². The summed E-state index contributed by atoms with van der Waals surface area (Å²) in [7, 11) is -3.99. The molecule has 1 aromatic heterocycles. The van der Waals surface area contributed by atoms with E-state index in [0.29, 0.717) is 56.7 Å². The maximum absolute atomic E-state index is 14.6. The van der Waals surface area contributed by atoms with Gasteiger partial charge in [0.2, 0.25) is 33.3 Å². The van der Waals surface area contributed by atoms with Crippen LogP contribution in [0, 0.1) is 23.6 Å². The molecule has 3 fully saturated rings. The Morgan fingerprint density at radius 2 is 1.80 bits per heavy atom. The minimum absolute atomic E-state index is 0.0148. The lowest BCUT2D eigenvalue weighted by Gasteiger charge is -2.34. The van der Waals surface area contributed by atoms with Crippen molar-refractivity contribution in [2.75, 3.05) is 6.54 Å². The SMILES string of the molecule is C[C@@H]1CC/C=C\[C@H]2C[C@@]2(C(=O)NS(=O)(=O)C2CC2)NC(=O)[C@@H]2C[C@@H](Oc3nccc4ccc(F)cc34)CN2C(=O)[C@@H](NC(=O)OC(C)(C)C(F)(F)F)[C@H](C)C1. The fraction of sp³-hybridized carbons (Fsp3) is 0.595. The number of carbonyl (C=O) groups is 4. The third-order valence-corrected chi connectivity index (χ3v) is 12.7. The van der Waals surface area contributed by atoms with Crippen LogP contribution < -0.4 is 20.1 Å². The van der Waals surface area contributed by atoms with Crippen LogP contribution in [0.15, 0.2) is 42.6 Å². The minimum atomic E-state index is -4.92. The van der Waals surface area contributed by atoms with Crippen molar-refractivity contribution in [3.63, 3.8) is 0 Å². The van der Waals surface area contributed by atoms with E-state index in [4.69, 9.17) is 9.47 Å². The van der Waals surface area contributed by atoms with Crippen molar-refractivity contribution < 1.29 is 54.6 Å². The van der Waals surface area contributed by atoms with Crippen LogP contribution in [0.4, 0.5) is 22.4 Å². The van der Waals surface area contributed by atoms with Gasteiger partial charge in [-0.05, 0) is 87.8 Å². The number of benzene rings is 1. The summed E-state index contributed by atoms with van der Waals surface area (Å²) in [6.07, 6.45) is -0.132. The number of rotatable bonds is 7. The predicted octanol–water partition coefficient (Wildman–Crippen LogP) is 4.65. The Morgan fingerprint density at radius 3 is 2.49 bits per heavy atom. The van der Waals surface area contributed by atoms with Crippen LogP contribution in [0.1, 0.15) is 72.6 Å². The standard InChI is InChI=1S/C37H45F4N5O8S/c1-20-7-5-6-8-23-18-36(23,33(49)45-55(51,52)26-11-12-26)44-30(47)28-17-25(53-31-27-16-24(38)10-9-22(27)13-14-42-31)19-46(28)32(48)29(21(2)15-20)43-34(50)54-35(3,4)37(39,40)41/h6,8-10,13-14,16,20-21,23,25-26,28-29H,5,7,11-12,15,17-19H2,1-4H3,(H,43,50)(H,44,47)(H,45,49)/b8-6-/t20-,21-,23+,25-,28+,29+,36-/m1/s1. The number of hydrogen-bond donors (Lipinski definition) is 3. The number of alkyl halides is 3. The van der Waals surface area contributed by atoms with Gasteiger partial charge >= 0.3 is 12.3 Å². The number of alkyl carbamates (subject to hydrolysis) is 1. The van der Waals surface area contributed by atoms with Crippen molar-refractivity contribution in [3.05, 3.63) is 48.4 Å². The normalized spacial score (nSPS) is 29.9. The molecule has 1 saturated heterocycles. The first-order valence-electron chi connectivity index (χ1n) is 18.3. The largest absolute Gasteiger partial charge is 0.472 e. The second-order valence-corrected chi connectivity index (χ2v) is 17.7. The van der Waals surface area contributed by atoms with Crippen LogP contribution in [0.3, 0.4) is 0 Å². The third-order valence-electron chi connectivity index (χ3n) is 10.9. The number of halogens is 4. The average molecular weight is 796 g/mol. The zero-order valence-electron chi connectivity index (χ0n) is 30.8. The summed E-state index contributed by atoms with van der Waals surface area (Å²) in [5.41, 5.74) is -4.55. The highest BCUT2D eigenvalue weighted by Crippen LogP contribution is 2.46. The molecule has 4 amide bonds. The number of aromatic nitrogens is 1. The summed E-state index contributed by atoms with van der Waals surface area (Å²) in [6.45, 7) is 4.65. The molecule has 2 aliphatic heterocycles. The maximum Gasteiger partial charge on any atom is 0.427 e. The van der Waals surface area contributed by atoms with Gasteiger partial charge in [0.15, 0.2) is 0 Å². The van der Waals surface area contributed by atoms with Crippen LogP contribution in [-0.4, -0.2) is 89.4 Å². The summed E-state index contributed by atoms with van der Waals surface area (Å²) in [6, 6.07) is 2.83. The van der Waals surface area contributed by atoms with Crippen LogP contribution in [0.5, 0.6) is 5.88 Å². The fourth-order valence-electron chi connectivity index (χ4n) is 7.31. The topological polar surface area (TPSA) is 173 Å². The van der Waals surface area contributed by atoms with Gasteiger partial charge in [0, 0.05) is 23.9 Å². The molecule has 2 aromatic rings. The number of amides is 4. The first-order chi connectivity index (χ1) is 25.7. The molecule has 13 nitrogen and oxygen atoms in total. The number of pyridine rings is 1. The van der Waals surface area contributed by atoms with Crippen molar-refractivity contribution in [1.82, 2.24) is 25.2 Å². The minimum Gasteiger partial charge on any atom is -0.472 e. The number of nitrogens with zero attached hydrogens (tertiary/aromatic N) is 2. The van der Waals surface area contributed by atoms with Gasteiger partial charge in [0.25, 0.3) is 5.91 Å². The molecule has 0 spiro atoms. The molecule has 18 heteroatoms. The first kappa shape index (κ1) is 40.2. The van der Waals surface area contributed by atoms with Crippen molar-refractivity contribution in [3.8, 4) is 5.88 Å². The van der Waals surface area contributed by atoms with Crippen molar-refractivity contribution in [1.29, 1.82) is 0 Å². The van der Waals surface area contributed by atoms with Gasteiger partial charge in [-0.1, -0.05) is 32.1 Å². The number of hydrogen-bond acceptors (Lipinski definition) is 9. The Balaban J connectivity index is 1.35. The smallest absolute Gasteiger partial charge is 0.427 e. The van der Waals surface area contributed by atoms with Crippen LogP contribution in [-0.2, 0) is 29.1 Å². The highest BCUT2D eigenvalue weighted by atomic mass is 32.2. The molecule has 2 aliphatic carbocycles. The molecular formula is C37H45F4N5O8S. The molecule has 2 saturated carbocycles. The van der Waals surface area contributed by atoms with Gasteiger partial charge in [-0.15, -0.1) is 0 Å². The van der Waals surface area contributed by atoms with E-state index in [1.165, 1.54) is 24.4 Å². The number of allylic oxidation sites excluding steroid dienone is 1. The van der Waals surface area contributed by atoms with Gasteiger partial charge in [0.05, 0.1) is 11.8 Å². The first-order valence-corrected chi connectivity index (χ1v) is 19.9. The highest BCUT2D eigenvalue weighted by molar-refractivity contribution is 7.91. The van der Waals surface area contributed by atoms with E-state index in [-0.39, 0.29) is 31.2 Å². The Kier molecular flexibility index (Phi) is 10.9. The molecule has 3 N–H and O–H groups in total. The molecule has 1 aromatic carbocycles. The molecule has 55 heavy (non-hydrogen) atoms. The average Bonchev–Trinajstić information content (AvgIpc) is 4.01. The van der Waals surface area contributed by atoms with Crippen LogP contribution in [0.2, 0.25) is 0 Å². The summed E-state index contributed by atoms with van der Waals surface area (Å²) in [5, 5.41) is 5.29. The van der Waals surface area contributed by atoms with Crippen molar-refractivity contribution >= 4 is 44.6 Å². The molecule has 0 bridgehead atoms. The van der Waals surface area contributed by atoms with E-state index in [1.807, 2.05) is 13.0 Å². The van der Waals surface area contributed by atoms with E-state index in [2.05, 4.69) is 20.3 Å². The molecule has 7 atom stereocenters. The molecule has 300 valence electrons. The van der Waals surface area contributed by atoms with E-state index in [9.17, 15) is 45.2 Å². The lowest BCUT2D eigenvalue weighted by Crippen LogP contribution is -2.59. The van der Waals surface area contributed by atoms with Crippen molar-refractivity contribution in [2.24, 2.45) is 17.8 Å². The zero-order valence-corrected chi connectivity index (χ0v) is 31.6. The number of sulfonamides is 1. The second-order valence-electron chi connectivity index (χ2n) is 15.8. The van der Waals surface area contributed by atoms with Crippen LogP contribution >= 0.6 is 0 Å². The monoisotopic (exact) mass is 795 g/mol. The summed E-state index contributed by atoms with van der Waals surface area (Å²) in [5.74, 6) is -4.36. The Labute approximate surface area is 316 Å². The number of carbonyl (C=O) groups excluding carboxylic acids is 4. The molecule has 0 radical (unpaired) electrons. The third kappa shape index (κ3) is 8.68. The van der Waals surface area contributed by atoms with Gasteiger partial charge < -0.3 is 25.0 Å². The molecule has 0 unspecified atom stereocenters. The fourth-order valence-corrected chi connectivity index (χ4v) is 8.67. The summed E-state index contributed by atoms with van der Waals surface area (Å²) in [4.78, 5) is 61.1.